The van der Waals surface area contributed by atoms with Crippen LogP contribution < -0.4 is 15.8 Å². The van der Waals surface area contributed by atoms with Gasteiger partial charge >= 0.3 is 0 Å². The maximum Gasteiger partial charge on any atom is 0.123 e. The highest BCUT2D eigenvalue weighted by atomic mass is 16.5. The molecule has 0 aliphatic heterocycles. The molecule has 0 atom stereocenters. The van der Waals surface area contributed by atoms with E-state index in [1.54, 1.807) is 0 Å². The molecule has 0 aromatic heterocycles. The molecule has 0 bridgehead atoms. The van der Waals surface area contributed by atoms with Crippen LogP contribution in [0.15, 0.2) is 18.2 Å². The largest absolute Gasteiger partial charge is 0.491 e. The molecule has 0 radical (unpaired) electrons. The Morgan fingerprint density at radius 2 is 1.89 bits per heavy atom. The standard InChI is InChI=1S/C15H24N2O/c1-11(2)18-14-9-12(16)8-13(10-14)17-15(3)6-4-5-7-15/h8-11,17H,4-7,16H2,1-3H3. The van der Waals surface area contributed by atoms with Gasteiger partial charge < -0.3 is 15.8 Å². The van der Waals surface area contributed by atoms with E-state index in [1.165, 1.54) is 25.7 Å². The molecule has 0 unspecified atom stereocenters. The molecule has 0 spiro atoms. The highest BCUT2D eigenvalue weighted by molar-refractivity contribution is 5.60. The number of anilines is 2. The minimum absolute atomic E-state index is 0.168. The number of benzene rings is 1. The van der Waals surface area contributed by atoms with Crippen LogP contribution in [-0.2, 0) is 0 Å². The summed E-state index contributed by atoms with van der Waals surface area (Å²) in [7, 11) is 0. The Morgan fingerprint density at radius 3 is 2.50 bits per heavy atom. The molecule has 0 saturated heterocycles. The van der Waals surface area contributed by atoms with Crippen molar-refractivity contribution < 1.29 is 4.74 Å². The summed E-state index contributed by atoms with van der Waals surface area (Å²) < 4.78 is 5.71. The van der Waals surface area contributed by atoms with Crippen LogP contribution in [0.4, 0.5) is 11.4 Å². The van der Waals surface area contributed by atoms with Crippen molar-refractivity contribution in [2.75, 3.05) is 11.1 Å². The van der Waals surface area contributed by atoms with E-state index in [0.29, 0.717) is 0 Å². The first kappa shape index (κ1) is 13.1. The van der Waals surface area contributed by atoms with E-state index in [1.807, 2.05) is 32.0 Å². The predicted molar refractivity (Wildman–Crippen MR) is 77.1 cm³/mol. The average Bonchev–Trinajstić information content (AvgIpc) is 2.62. The Hall–Kier alpha value is -1.38. The van der Waals surface area contributed by atoms with Gasteiger partial charge in [-0.1, -0.05) is 12.8 Å². The molecule has 0 amide bonds. The van der Waals surface area contributed by atoms with Gasteiger partial charge in [-0.05, 0) is 39.7 Å². The number of hydrogen-bond acceptors (Lipinski definition) is 3. The lowest BCUT2D eigenvalue weighted by atomic mass is 10.00. The van der Waals surface area contributed by atoms with Crippen LogP contribution in [0.25, 0.3) is 0 Å². The van der Waals surface area contributed by atoms with Gasteiger partial charge in [0.2, 0.25) is 0 Å². The maximum absolute atomic E-state index is 5.93. The highest BCUT2D eigenvalue weighted by Crippen LogP contribution is 2.34. The Bertz CT molecular complexity index is 409. The fourth-order valence-electron chi connectivity index (χ4n) is 2.66. The van der Waals surface area contributed by atoms with Crippen molar-refractivity contribution in [1.82, 2.24) is 0 Å². The van der Waals surface area contributed by atoms with Crippen LogP contribution in [-0.4, -0.2) is 11.6 Å². The monoisotopic (exact) mass is 248 g/mol. The van der Waals surface area contributed by atoms with Crippen LogP contribution in [0.5, 0.6) is 5.75 Å². The van der Waals surface area contributed by atoms with Crippen LogP contribution in [0.1, 0.15) is 46.5 Å². The molecule has 3 nitrogen and oxygen atoms in total. The lowest BCUT2D eigenvalue weighted by Crippen LogP contribution is -2.30. The molecule has 3 N–H and O–H groups in total. The number of nitrogen functional groups attached to an aromatic ring is 1. The fourth-order valence-corrected chi connectivity index (χ4v) is 2.66. The zero-order valence-corrected chi connectivity index (χ0v) is 11.6. The Morgan fingerprint density at radius 1 is 1.22 bits per heavy atom. The highest BCUT2D eigenvalue weighted by Gasteiger charge is 2.28. The molecule has 1 fully saturated rings. The summed E-state index contributed by atoms with van der Waals surface area (Å²) in [4.78, 5) is 0. The van der Waals surface area contributed by atoms with Crippen molar-refractivity contribution in [3.63, 3.8) is 0 Å². The molecular weight excluding hydrogens is 224 g/mol. The zero-order chi connectivity index (χ0) is 13.2. The molecule has 2 rings (SSSR count). The molecule has 1 saturated carbocycles. The van der Waals surface area contributed by atoms with Crippen LogP contribution in [0.2, 0.25) is 0 Å². The van der Waals surface area contributed by atoms with Gasteiger partial charge in [0.15, 0.2) is 0 Å². The number of nitrogens with one attached hydrogen (secondary N) is 1. The van der Waals surface area contributed by atoms with E-state index < -0.39 is 0 Å². The van der Waals surface area contributed by atoms with Crippen LogP contribution in [0.3, 0.4) is 0 Å². The smallest absolute Gasteiger partial charge is 0.123 e. The van der Waals surface area contributed by atoms with Crippen molar-refractivity contribution in [2.24, 2.45) is 0 Å². The second kappa shape index (κ2) is 5.09. The second-order valence-corrected chi connectivity index (χ2v) is 5.85. The Labute approximate surface area is 110 Å². The number of rotatable bonds is 4. The quantitative estimate of drug-likeness (QED) is 0.797. The van der Waals surface area contributed by atoms with E-state index in [0.717, 1.165) is 17.1 Å². The topological polar surface area (TPSA) is 47.3 Å². The molecule has 18 heavy (non-hydrogen) atoms. The molecule has 0 heterocycles. The first-order valence-electron chi connectivity index (χ1n) is 6.82. The van der Waals surface area contributed by atoms with Gasteiger partial charge in [-0.15, -0.1) is 0 Å². The molecular formula is C15H24N2O. The third kappa shape index (κ3) is 3.31. The van der Waals surface area contributed by atoms with Gasteiger partial charge in [-0.3, -0.25) is 0 Å². The molecule has 1 aromatic rings. The first-order valence-corrected chi connectivity index (χ1v) is 6.82. The molecule has 1 aromatic carbocycles. The lowest BCUT2D eigenvalue weighted by Gasteiger charge is -2.27. The number of nitrogens with two attached hydrogens (primary N) is 1. The number of hydrogen-bond donors (Lipinski definition) is 2. The minimum atomic E-state index is 0.168. The summed E-state index contributed by atoms with van der Waals surface area (Å²) in [5, 5.41) is 3.61. The van der Waals surface area contributed by atoms with Crippen molar-refractivity contribution in [1.29, 1.82) is 0 Å². The minimum Gasteiger partial charge on any atom is -0.491 e. The number of ether oxygens (including phenoxy) is 1. The SMILES string of the molecule is CC(C)Oc1cc(N)cc(NC2(C)CCCC2)c1. The van der Waals surface area contributed by atoms with Crippen LogP contribution in [0, 0.1) is 0 Å². The van der Waals surface area contributed by atoms with Gasteiger partial charge in [-0.2, -0.15) is 0 Å². The van der Waals surface area contributed by atoms with Crippen molar-refractivity contribution in [3.8, 4) is 5.75 Å². The van der Waals surface area contributed by atoms with Gasteiger partial charge in [-0.25, -0.2) is 0 Å². The molecule has 100 valence electrons. The van der Waals surface area contributed by atoms with Gasteiger partial charge in [0.05, 0.1) is 6.10 Å². The lowest BCUT2D eigenvalue weighted by molar-refractivity contribution is 0.242. The molecule has 1 aliphatic carbocycles. The summed E-state index contributed by atoms with van der Waals surface area (Å²) in [6.45, 7) is 6.33. The van der Waals surface area contributed by atoms with Crippen molar-refractivity contribution >= 4 is 11.4 Å². The molecule has 1 aliphatic rings. The summed E-state index contributed by atoms with van der Waals surface area (Å²) >= 11 is 0. The zero-order valence-electron chi connectivity index (χ0n) is 11.6. The summed E-state index contributed by atoms with van der Waals surface area (Å²) in [6.07, 6.45) is 5.23. The van der Waals surface area contributed by atoms with Crippen molar-refractivity contribution in [3.05, 3.63) is 18.2 Å². The van der Waals surface area contributed by atoms with E-state index in [-0.39, 0.29) is 11.6 Å². The average molecular weight is 248 g/mol. The third-order valence-corrected chi connectivity index (χ3v) is 3.45. The van der Waals surface area contributed by atoms with Gasteiger partial charge in [0.25, 0.3) is 0 Å². The Kier molecular flexibility index (Phi) is 3.69. The third-order valence-electron chi connectivity index (χ3n) is 3.45. The summed E-state index contributed by atoms with van der Waals surface area (Å²) in [6, 6.07) is 5.90. The van der Waals surface area contributed by atoms with E-state index >= 15 is 0 Å². The van der Waals surface area contributed by atoms with E-state index in [9.17, 15) is 0 Å². The fraction of sp³-hybridized carbons (Fsp3) is 0.600. The summed E-state index contributed by atoms with van der Waals surface area (Å²) in [5.41, 5.74) is 7.96. The van der Waals surface area contributed by atoms with E-state index in [4.69, 9.17) is 10.5 Å². The predicted octanol–water partition coefficient (Wildman–Crippen LogP) is 3.80. The first-order chi connectivity index (χ1) is 8.47. The van der Waals surface area contributed by atoms with E-state index in [2.05, 4.69) is 12.2 Å². The van der Waals surface area contributed by atoms with Crippen LogP contribution >= 0.6 is 0 Å². The molecule has 3 heteroatoms. The van der Waals surface area contributed by atoms with Crippen molar-refractivity contribution in [2.45, 2.75) is 58.1 Å². The maximum atomic E-state index is 5.93. The van der Waals surface area contributed by atoms with Gasteiger partial charge in [0, 0.05) is 29.0 Å². The van der Waals surface area contributed by atoms with Gasteiger partial charge in [0.1, 0.15) is 5.75 Å². The Balaban J connectivity index is 2.14. The normalized spacial score (nSPS) is 18.0. The second-order valence-electron chi connectivity index (χ2n) is 5.85. The summed E-state index contributed by atoms with van der Waals surface area (Å²) in [5.74, 6) is 0.842.